The van der Waals surface area contributed by atoms with E-state index < -0.39 is 18.3 Å². The van der Waals surface area contributed by atoms with Crippen LogP contribution in [0.25, 0.3) is 0 Å². The minimum Gasteiger partial charge on any atom is -0.391 e. The summed E-state index contributed by atoms with van der Waals surface area (Å²) in [5.74, 6) is 0.848. The monoisotopic (exact) mass is 264 g/mol. The Balaban J connectivity index is 1.84. The summed E-state index contributed by atoms with van der Waals surface area (Å²) in [5, 5.41) is 10.1. The topological polar surface area (TPSA) is 49.5 Å². The van der Waals surface area contributed by atoms with Crippen LogP contribution in [0.2, 0.25) is 0 Å². The first-order valence-corrected chi connectivity index (χ1v) is 6.64. The fourth-order valence-electron chi connectivity index (χ4n) is 4.49. The minimum atomic E-state index is -4.25. The molecule has 0 amide bonds. The van der Waals surface area contributed by atoms with Crippen molar-refractivity contribution in [1.82, 2.24) is 4.90 Å². The second kappa shape index (κ2) is 4.08. The number of nitrogens with zero attached hydrogens (tertiary/aromatic N) is 1. The van der Waals surface area contributed by atoms with Crippen molar-refractivity contribution in [3.63, 3.8) is 0 Å². The molecular weight excluding hydrogens is 245 g/mol. The Morgan fingerprint density at radius 3 is 2.56 bits per heavy atom. The molecule has 1 aliphatic heterocycles. The second-order valence-corrected chi connectivity index (χ2v) is 5.97. The molecule has 3 fully saturated rings. The summed E-state index contributed by atoms with van der Waals surface area (Å²) in [6.07, 6.45) is -3.10. The number of fused-ring (bicyclic) bond motifs is 1. The number of halogens is 3. The third-order valence-corrected chi connectivity index (χ3v) is 5.10. The first kappa shape index (κ1) is 12.7. The van der Waals surface area contributed by atoms with Crippen molar-refractivity contribution in [3.8, 4) is 0 Å². The Morgan fingerprint density at radius 1 is 1.28 bits per heavy atom. The van der Waals surface area contributed by atoms with E-state index in [1.165, 1.54) is 4.90 Å². The lowest BCUT2D eigenvalue weighted by atomic mass is 9.88. The highest BCUT2D eigenvalue weighted by Crippen LogP contribution is 2.56. The number of aliphatic hydroxyl groups is 1. The highest BCUT2D eigenvalue weighted by Gasteiger charge is 2.62. The van der Waals surface area contributed by atoms with E-state index in [0.717, 1.165) is 12.8 Å². The fourth-order valence-corrected chi connectivity index (χ4v) is 4.49. The average Bonchev–Trinajstić information content (AvgIpc) is 2.84. The minimum absolute atomic E-state index is 0.0300. The third kappa shape index (κ3) is 1.69. The van der Waals surface area contributed by atoms with Gasteiger partial charge >= 0.3 is 6.18 Å². The second-order valence-electron chi connectivity index (χ2n) is 5.97. The van der Waals surface area contributed by atoms with E-state index in [9.17, 15) is 18.3 Å². The third-order valence-electron chi connectivity index (χ3n) is 5.10. The number of likely N-dealkylation sites (tertiary alicyclic amines) is 1. The van der Waals surface area contributed by atoms with Gasteiger partial charge in [0.2, 0.25) is 0 Å². The van der Waals surface area contributed by atoms with Crippen molar-refractivity contribution in [2.75, 3.05) is 13.1 Å². The van der Waals surface area contributed by atoms with E-state index in [4.69, 9.17) is 5.73 Å². The zero-order valence-electron chi connectivity index (χ0n) is 10.1. The van der Waals surface area contributed by atoms with Crippen LogP contribution in [0.4, 0.5) is 13.2 Å². The normalized spacial score (nSPS) is 44.8. The van der Waals surface area contributed by atoms with Crippen LogP contribution in [0, 0.1) is 17.8 Å². The van der Waals surface area contributed by atoms with Crippen molar-refractivity contribution < 1.29 is 18.3 Å². The summed E-state index contributed by atoms with van der Waals surface area (Å²) in [4.78, 5) is 1.50. The lowest BCUT2D eigenvalue weighted by molar-refractivity contribution is -0.191. The van der Waals surface area contributed by atoms with Gasteiger partial charge in [-0.3, -0.25) is 4.90 Å². The largest absolute Gasteiger partial charge is 0.404 e. The molecule has 3 rings (SSSR count). The molecule has 0 spiro atoms. The van der Waals surface area contributed by atoms with Gasteiger partial charge in [0.15, 0.2) is 0 Å². The van der Waals surface area contributed by atoms with Crippen LogP contribution in [0.5, 0.6) is 0 Å². The molecule has 3 nitrogen and oxygen atoms in total. The molecule has 3 N–H and O–H groups in total. The predicted octanol–water partition coefficient (Wildman–Crippen LogP) is 0.967. The van der Waals surface area contributed by atoms with Gasteiger partial charge in [-0.15, -0.1) is 0 Å². The lowest BCUT2D eigenvalue weighted by Gasteiger charge is -2.35. The van der Waals surface area contributed by atoms with Gasteiger partial charge in [-0.05, 0) is 43.6 Å². The lowest BCUT2D eigenvalue weighted by Crippen LogP contribution is -2.52. The van der Waals surface area contributed by atoms with Crippen molar-refractivity contribution in [2.24, 2.45) is 23.5 Å². The molecule has 6 atom stereocenters. The zero-order valence-corrected chi connectivity index (χ0v) is 10.1. The number of aliphatic hydroxyl groups excluding tert-OH is 1. The zero-order chi connectivity index (χ0) is 13.1. The van der Waals surface area contributed by atoms with E-state index in [2.05, 4.69) is 0 Å². The Labute approximate surface area is 104 Å². The van der Waals surface area contributed by atoms with E-state index in [1.54, 1.807) is 0 Å². The molecule has 6 unspecified atom stereocenters. The van der Waals surface area contributed by atoms with Crippen molar-refractivity contribution in [1.29, 1.82) is 0 Å². The van der Waals surface area contributed by atoms with E-state index >= 15 is 0 Å². The number of alkyl halides is 3. The molecule has 2 aliphatic carbocycles. The van der Waals surface area contributed by atoms with Gasteiger partial charge in [-0.1, -0.05) is 0 Å². The van der Waals surface area contributed by atoms with E-state index in [-0.39, 0.29) is 30.8 Å². The smallest absolute Gasteiger partial charge is 0.391 e. The van der Waals surface area contributed by atoms with E-state index in [0.29, 0.717) is 12.5 Å². The Bertz CT molecular complexity index is 334. The first-order chi connectivity index (χ1) is 8.43. The molecule has 3 aliphatic rings. The number of rotatable bonds is 3. The molecule has 0 aromatic heterocycles. The Kier molecular flexibility index (Phi) is 2.88. The molecule has 2 saturated carbocycles. The maximum atomic E-state index is 13.1. The number of nitrogens with two attached hydrogens (primary N) is 1. The van der Waals surface area contributed by atoms with Gasteiger partial charge in [0, 0.05) is 12.6 Å². The summed E-state index contributed by atoms with van der Waals surface area (Å²) < 4.78 is 39.3. The molecule has 0 aromatic rings. The number of hydrogen-bond donors (Lipinski definition) is 2. The Morgan fingerprint density at radius 2 is 2.00 bits per heavy atom. The van der Waals surface area contributed by atoms with Crippen molar-refractivity contribution in [2.45, 2.75) is 43.6 Å². The summed E-state index contributed by atoms with van der Waals surface area (Å²) >= 11 is 0. The molecule has 104 valence electrons. The fraction of sp³-hybridized carbons (Fsp3) is 1.00. The highest BCUT2D eigenvalue weighted by atomic mass is 19.4. The molecular formula is C12H19F3N2O. The van der Waals surface area contributed by atoms with Gasteiger partial charge in [0.25, 0.3) is 0 Å². The van der Waals surface area contributed by atoms with Crippen LogP contribution in [0.1, 0.15) is 19.3 Å². The highest BCUT2D eigenvalue weighted by molar-refractivity contribution is 5.12. The molecule has 6 heteroatoms. The SMILES string of the molecule is NCCC(N1CC2CC3CC2C1C3O)C(F)(F)F. The van der Waals surface area contributed by atoms with Crippen LogP contribution < -0.4 is 5.73 Å². The summed E-state index contributed by atoms with van der Waals surface area (Å²) in [7, 11) is 0. The van der Waals surface area contributed by atoms with Gasteiger partial charge in [-0.2, -0.15) is 13.2 Å². The van der Waals surface area contributed by atoms with Crippen LogP contribution in [-0.4, -0.2) is 47.5 Å². The van der Waals surface area contributed by atoms with Crippen LogP contribution in [0.3, 0.4) is 0 Å². The molecule has 18 heavy (non-hydrogen) atoms. The van der Waals surface area contributed by atoms with Crippen LogP contribution in [-0.2, 0) is 0 Å². The predicted molar refractivity (Wildman–Crippen MR) is 59.7 cm³/mol. The van der Waals surface area contributed by atoms with Crippen molar-refractivity contribution >= 4 is 0 Å². The molecule has 0 radical (unpaired) electrons. The quantitative estimate of drug-likeness (QED) is 0.798. The summed E-state index contributed by atoms with van der Waals surface area (Å²) in [6.45, 7) is 0.509. The maximum Gasteiger partial charge on any atom is 0.404 e. The number of hydrogen-bond acceptors (Lipinski definition) is 3. The van der Waals surface area contributed by atoms with Gasteiger partial charge in [0.1, 0.15) is 6.04 Å². The molecule has 1 heterocycles. The average molecular weight is 264 g/mol. The van der Waals surface area contributed by atoms with Crippen molar-refractivity contribution in [3.05, 3.63) is 0 Å². The standard InChI is InChI=1S/C12H19F3N2O/c13-12(14,15)9(1-2-16)17-5-7-3-6-4-8(7)10(17)11(6)18/h6-11,18H,1-5,16H2. The molecule has 2 bridgehead atoms. The van der Waals surface area contributed by atoms with E-state index in [1.807, 2.05) is 0 Å². The summed E-state index contributed by atoms with van der Waals surface area (Å²) in [6, 6.07) is -1.77. The van der Waals surface area contributed by atoms with Crippen LogP contribution in [0.15, 0.2) is 0 Å². The van der Waals surface area contributed by atoms with Gasteiger partial charge in [0.05, 0.1) is 6.10 Å². The molecule has 1 saturated heterocycles. The molecule has 0 aromatic carbocycles. The van der Waals surface area contributed by atoms with Crippen LogP contribution >= 0.6 is 0 Å². The first-order valence-electron chi connectivity index (χ1n) is 6.64. The van der Waals surface area contributed by atoms with Gasteiger partial charge < -0.3 is 10.8 Å². The Hall–Kier alpha value is -0.330. The maximum absolute atomic E-state index is 13.1. The summed E-state index contributed by atoms with van der Waals surface area (Å²) in [5.41, 5.74) is 5.32. The van der Waals surface area contributed by atoms with Gasteiger partial charge in [-0.25, -0.2) is 0 Å².